The van der Waals surface area contributed by atoms with Crippen molar-refractivity contribution in [1.29, 1.82) is 0 Å². The van der Waals surface area contributed by atoms with E-state index in [1.54, 1.807) is 0 Å². The van der Waals surface area contributed by atoms with Crippen LogP contribution in [0.5, 0.6) is 0 Å². The summed E-state index contributed by atoms with van der Waals surface area (Å²) in [5, 5.41) is 3.50. The van der Waals surface area contributed by atoms with Crippen LogP contribution in [0.3, 0.4) is 0 Å². The first-order valence-corrected chi connectivity index (χ1v) is 8.45. The molecule has 1 saturated heterocycles. The Bertz CT molecular complexity index is 348. The highest BCUT2D eigenvalue weighted by atomic mass is 16.6. The third-order valence-electron chi connectivity index (χ3n) is 4.74. The van der Waals surface area contributed by atoms with E-state index in [2.05, 4.69) is 24.1 Å². The number of hydrogen-bond acceptors (Lipinski definition) is 4. The van der Waals surface area contributed by atoms with Gasteiger partial charge in [-0.25, -0.2) is 0 Å². The zero-order valence-electron chi connectivity index (χ0n) is 14.3. The van der Waals surface area contributed by atoms with Gasteiger partial charge < -0.3 is 15.0 Å². The first-order valence-electron chi connectivity index (χ1n) is 8.45. The summed E-state index contributed by atoms with van der Waals surface area (Å²) in [5.41, 5.74) is -0.393. The van der Waals surface area contributed by atoms with E-state index in [0.29, 0.717) is 30.5 Å². The van der Waals surface area contributed by atoms with Gasteiger partial charge in [0.15, 0.2) is 0 Å². The van der Waals surface area contributed by atoms with Crippen molar-refractivity contribution in [2.24, 2.45) is 11.8 Å². The summed E-state index contributed by atoms with van der Waals surface area (Å²) in [6.07, 6.45) is 3.91. The van der Waals surface area contributed by atoms with Crippen LogP contribution in [0.4, 0.5) is 0 Å². The maximum atomic E-state index is 11.9. The number of rotatable bonds is 4. The summed E-state index contributed by atoms with van der Waals surface area (Å²) >= 11 is 0. The standard InChI is InChI=1S/C17H32N2O2/c1-12(2)19-10-13-7-6-8-14(11-19)16(13)18-9-15(20)21-17(3,4)5/h12-14,16,18H,6-11H2,1-5H3. The molecule has 2 atom stereocenters. The maximum absolute atomic E-state index is 11.9. The number of carbonyl (C=O) groups excluding carboxylic acids is 1. The van der Waals surface area contributed by atoms with E-state index in [0.717, 1.165) is 0 Å². The number of hydrogen-bond donors (Lipinski definition) is 1. The number of carbonyl (C=O) groups is 1. The fourth-order valence-corrected chi connectivity index (χ4v) is 3.81. The predicted octanol–water partition coefficient (Wildman–Crippen LogP) is 2.43. The summed E-state index contributed by atoms with van der Waals surface area (Å²) in [6.45, 7) is 13.0. The molecule has 1 N–H and O–H groups in total. The Morgan fingerprint density at radius 3 is 2.29 bits per heavy atom. The van der Waals surface area contributed by atoms with Crippen molar-refractivity contribution in [2.75, 3.05) is 19.6 Å². The van der Waals surface area contributed by atoms with Crippen molar-refractivity contribution in [2.45, 2.75) is 71.6 Å². The van der Waals surface area contributed by atoms with Crippen molar-refractivity contribution in [1.82, 2.24) is 10.2 Å². The van der Waals surface area contributed by atoms with Crippen LogP contribution in [-0.4, -0.2) is 48.2 Å². The molecule has 2 aliphatic rings. The summed E-state index contributed by atoms with van der Waals surface area (Å²) in [5.74, 6) is 1.23. The van der Waals surface area contributed by atoms with Crippen molar-refractivity contribution >= 4 is 5.97 Å². The first-order chi connectivity index (χ1) is 9.76. The second kappa shape index (κ2) is 6.66. The number of nitrogens with zero attached hydrogens (tertiary/aromatic N) is 1. The molecule has 2 fully saturated rings. The number of nitrogens with one attached hydrogen (secondary N) is 1. The van der Waals surface area contributed by atoms with Crippen molar-refractivity contribution in [3.63, 3.8) is 0 Å². The molecule has 1 aliphatic heterocycles. The molecule has 1 heterocycles. The lowest BCUT2D eigenvalue weighted by molar-refractivity contribution is -0.154. The molecular formula is C17H32N2O2. The molecule has 0 aromatic rings. The molecule has 0 aromatic heterocycles. The Hall–Kier alpha value is -0.610. The van der Waals surface area contributed by atoms with Crippen LogP contribution in [0.15, 0.2) is 0 Å². The van der Waals surface area contributed by atoms with Crippen LogP contribution in [0, 0.1) is 11.8 Å². The molecule has 2 bridgehead atoms. The number of likely N-dealkylation sites (tertiary alicyclic amines) is 1. The maximum Gasteiger partial charge on any atom is 0.320 e. The zero-order chi connectivity index (χ0) is 15.6. The highest BCUT2D eigenvalue weighted by Gasteiger charge is 2.40. The van der Waals surface area contributed by atoms with Crippen LogP contribution < -0.4 is 5.32 Å². The molecule has 2 rings (SSSR count). The van der Waals surface area contributed by atoms with E-state index >= 15 is 0 Å². The molecule has 1 saturated carbocycles. The monoisotopic (exact) mass is 296 g/mol. The Morgan fingerprint density at radius 1 is 1.24 bits per heavy atom. The van der Waals surface area contributed by atoms with Crippen molar-refractivity contribution < 1.29 is 9.53 Å². The van der Waals surface area contributed by atoms with Crippen LogP contribution >= 0.6 is 0 Å². The summed E-state index contributed by atoms with van der Waals surface area (Å²) < 4.78 is 5.40. The second-order valence-electron chi connectivity index (χ2n) is 7.99. The van der Waals surface area contributed by atoms with Crippen molar-refractivity contribution in [3.8, 4) is 0 Å². The molecule has 21 heavy (non-hydrogen) atoms. The Kier molecular flexibility index (Phi) is 5.31. The van der Waals surface area contributed by atoms with Gasteiger partial charge in [-0.05, 0) is 59.3 Å². The Labute approximate surface area is 129 Å². The quantitative estimate of drug-likeness (QED) is 0.809. The molecule has 0 amide bonds. The van der Waals surface area contributed by atoms with Gasteiger partial charge in [0.05, 0.1) is 6.54 Å². The number of esters is 1. The molecule has 4 heteroatoms. The minimum Gasteiger partial charge on any atom is -0.459 e. The van der Waals surface area contributed by atoms with Crippen LogP contribution in [0.25, 0.3) is 0 Å². The molecule has 4 nitrogen and oxygen atoms in total. The summed E-state index contributed by atoms with van der Waals surface area (Å²) in [7, 11) is 0. The molecule has 0 aromatic carbocycles. The van der Waals surface area contributed by atoms with Gasteiger partial charge in [-0.3, -0.25) is 4.79 Å². The summed E-state index contributed by atoms with van der Waals surface area (Å²) in [4.78, 5) is 14.5. The Balaban J connectivity index is 1.87. The largest absolute Gasteiger partial charge is 0.459 e. The van der Waals surface area contributed by atoms with Crippen LogP contribution in [-0.2, 0) is 9.53 Å². The van der Waals surface area contributed by atoms with E-state index in [1.807, 2.05) is 20.8 Å². The van der Waals surface area contributed by atoms with Crippen LogP contribution in [0.2, 0.25) is 0 Å². The van der Waals surface area contributed by atoms with Gasteiger partial charge in [-0.1, -0.05) is 6.42 Å². The predicted molar refractivity (Wildman–Crippen MR) is 85.2 cm³/mol. The van der Waals surface area contributed by atoms with Gasteiger partial charge in [0.2, 0.25) is 0 Å². The van der Waals surface area contributed by atoms with Gasteiger partial charge in [0.1, 0.15) is 5.60 Å². The smallest absolute Gasteiger partial charge is 0.320 e. The number of piperidine rings is 1. The minimum atomic E-state index is -0.393. The molecular weight excluding hydrogens is 264 g/mol. The van der Waals surface area contributed by atoms with E-state index in [1.165, 1.54) is 32.4 Å². The number of fused-ring (bicyclic) bond motifs is 2. The lowest BCUT2D eigenvalue weighted by atomic mass is 9.73. The zero-order valence-corrected chi connectivity index (χ0v) is 14.3. The lowest BCUT2D eigenvalue weighted by Crippen LogP contribution is -2.59. The third kappa shape index (κ3) is 4.68. The normalized spacial score (nSPS) is 30.5. The van der Waals surface area contributed by atoms with Crippen molar-refractivity contribution in [3.05, 3.63) is 0 Å². The number of ether oxygens (including phenoxy) is 1. The highest BCUT2D eigenvalue weighted by Crippen LogP contribution is 2.35. The molecule has 2 unspecified atom stereocenters. The molecule has 0 spiro atoms. The topological polar surface area (TPSA) is 41.6 Å². The first kappa shape index (κ1) is 16.8. The van der Waals surface area contributed by atoms with Gasteiger partial charge >= 0.3 is 5.97 Å². The third-order valence-corrected chi connectivity index (χ3v) is 4.74. The highest BCUT2D eigenvalue weighted by molar-refractivity contribution is 5.72. The fourth-order valence-electron chi connectivity index (χ4n) is 3.81. The fraction of sp³-hybridized carbons (Fsp3) is 0.941. The van der Waals surface area contributed by atoms with Gasteiger partial charge in [-0.2, -0.15) is 0 Å². The van der Waals surface area contributed by atoms with E-state index in [9.17, 15) is 4.79 Å². The van der Waals surface area contributed by atoms with Gasteiger partial charge in [0.25, 0.3) is 0 Å². The molecule has 1 aliphatic carbocycles. The molecule has 0 radical (unpaired) electrons. The van der Waals surface area contributed by atoms with E-state index < -0.39 is 5.60 Å². The minimum absolute atomic E-state index is 0.133. The van der Waals surface area contributed by atoms with Gasteiger partial charge in [-0.15, -0.1) is 0 Å². The van der Waals surface area contributed by atoms with Crippen LogP contribution in [0.1, 0.15) is 53.9 Å². The lowest BCUT2D eigenvalue weighted by Gasteiger charge is -2.49. The Morgan fingerprint density at radius 2 is 1.81 bits per heavy atom. The SMILES string of the molecule is CC(C)N1CC2CCCC(C1)C2NCC(=O)OC(C)(C)C. The van der Waals surface area contributed by atoms with Gasteiger partial charge in [0, 0.05) is 25.2 Å². The molecule has 122 valence electrons. The second-order valence-corrected chi connectivity index (χ2v) is 7.99. The van der Waals surface area contributed by atoms with E-state index in [-0.39, 0.29) is 5.97 Å². The summed E-state index contributed by atoms with van der Waals surface area (Å²) in [6, 6.07) is 1.11. The van der Waals surface area contributed by atoms with E-state index in [4.69, 9.17) is 4.74 Å². The average molecular weight is 296 g/mol. The average Bonchev–Trinajstić information content (AvgIpc) is 2.32.